The molecule has 0 aromatic carbocycles. The van der Waals surface area contributed by atoms with E-state index in [0.717, 1.165) is 0 Å². The molecular weight excluding hydrogens is 274 g/mol. The van der Waals surface area contributed by atoms with Crippen LogP contribution in [0.15, 0.2) is 4.79 Å². The van der Waals surface area contributed by atoms with Crippen LogP contribution in [0.25, 0.3) is 0 Å². The van der Waals surface area contributed by atoms with Crippen molar-refractivity contribution in [3.63, 3.8) is 0 Å². The van der Waals surface area contributed by atoms with Crippen LogP contribution in [-0.4, -0.2) is 32.5 Å². The van der Waals surface area contributed by atoms with Crippen LogP contribution >= 0.6 is 0 Å². The Labute approximate surface area is 122 Å². The van der Waals surface area contributed by atoms with Gasteiger partial charge in [-0.05, 0) is 26.7 Å². The molecule has 0 aliphatic rings. The minimum atomic E-state index is -1.26. The molecule has 0 unspecified atom stereocenters. The molecule has 7 heteroatoms. The summed E-state index contributed by atoms with van der Waals surface area (Å²) in [5.74, 6) is -1.45. The van der Waals surface area contributed by atoms with Gasteiger partial charge in [0.2, 0.25) is 5.91 Å². The van der Waals surface area contributed by atoms with E-state index in [1.54, 1.807) is 27.7 Å². The second kappa shape index (κ2) is 6.51. The third kappa shape index (κ3) is 3.68. The molecule has 0 radical (unpaired) electrons. The molecule has 0 saturated carbocycles. The molecule has 0 fully saturated rings. The van der Waals surface area contributed by atoms with Crippen molar-refractivity contribution >= 4 is 11.9 Å². The van der Waals surface area contributed by atoms with Crippen LogP contribution in [0.4, 0.5) is 0 Å². The Morgan fingerprint density at radius 1 is 1.29 bits per heavy atom. The zero-order valence-corrected chi connectivity index (χ0v) is 12.7. The molecule has 1 aromatic heterocycles. The lowest BCUT2D eigenvalue weighted by Crippen LogP contribution is -2.54. The second-order valence-electron chi connectivity index (χ2n) is 5.05. The minimum absolute atomic E-state index is 0.0174. The molecule has 7 nitrogen and oxygen atoms in total. The Kier molecular flexibility index (Phi) is 5.23. The Bertz CT molecular complexity index is 576. The number of aromatic nitrogens is 2. The van der Waals surface area contributed by atoms with Gasteiger partial charge in [0.05, 0.1) is 6.42 Å². The fourth-order valence-corrected chi connectivity index (χ4v) is 2.27. The van der Waals surface area contributed by atoms with E-state index in [4.69, 9.17) is 0 Å². The van der Waals surface area contributed by atoms with Gasteiger partial charge < -0.3 is 15.4 Å². The largest absolute Gasteiger partial charge is 0.480 e. The Hall–Kier alpha value is -2.18. The highest BCUT2D eigenvalue weighted by Crippen LogP contribution is 2.16. The number of aromatic amines is 1. The summed E-state index contributed by atoms with van der Waals surface area (Å²) in [6, 6.07) is 0. The summed E-state index contributed by atoms with van der Waals surface area (Å²) in [6.07, 6.45) is 0.579. The van der Waals surface area contributed by atoms with Crippen LogP contribution in [0.1, 0.15) is 43.6 Å². The van der Waals surface area contributed by atoms with Gasteiger partial charge in [-0.1, -0.05) is 13.8 Å². The van der Waals surface area contributed by atoms with Crippen molar-refractivity contribution in [2.75, 3.05) is 0 Å². The van der Waals surface area contributed by atoms with Crippen LogP contribution in [0.3, 0.4) is 0 Å². The molecule has 1 heterocycles. The lowest BCUT2D eigenvalue weighted by atomic mass is 9.92. The van der Waals surface area contributed by atoms with Gasteiger partial charge in [0.1, 0.15) is 5.54 Å². The van der Waals surface area contributed by atoms with E-state index in [1.165, 1.54) is 0 Å². The summed E-state index contributed by atoms with van der Waals surface area (Å²) in [4.78, 5) is 41.0. The number of aryl methyl sites for hydroxylation is 2. The van der Waals surface area contributed by atoms with E-state index in [2.05, 4.69) is 15.3 Å². The van der Waals surface area contributed by atoms with Crippen molar-refractivity contribution in [2.24, 2.45) is 0 Å². The zero-order chi connectivity index (χ0) is 16.2. The quantitative estimate of drug-likeness (QED) is 0.714. The number of nitrogens with one attached hydrogen (secondary N) is 2. The topological polar surface area (TPSA) is 112 Å². The second-order valence-corrected chi connectivity index (χ2v) is 5.05. The normalized spacial score (nSPS) is 11.2. The van der Waals surface area contributed by atoms with Gasteiger partial charge in [0.15, 0.2) is 0 Å². The molecule has 116 valence electrons. The first-order valence-electron chi connectivity index (χ1n) is 6.86. The number of carbonyl (C=O) groups excluding carboxylic acids is 1. The smallest absolute Gasteiger partial charge is 0.345 e. The molecule has 0 aliphatic heterocycles. The number of amides is 1. The van der Waals surface area contributed by atoms with E-state index in [0.29, 0.717) is 29.8 Å². The summed E-state index contributed by atoms with van der Waals surface area (Å²) in [6.45, 7) is 6.77. The van der Waals surface area contributed by atoms with Crippen molar-refractivity contribution < 1.29 is 14.7 Å². The average Bonchev–Trinajstić information content (AvgIpc) is 2.40. The van der Waals surface area contributed by atoms with Gasteiger partial charge in [-0.2, -0.15) is 4.98 Å². The van der Waals surface area contributed by atoms with Crippen molar-refractivity contribution in [3.8, 4) is 0 Å². The lowest BCUT2D eigenvalue weighted by Gasteiger charge is -2.28. The molecule has 1 rings (SSSR count). The lowest BCUT2D eigenvalue weighted by molar-refractivity contribution is -0.148. The van der Waals surface area contributed by atoms with Gasteiger partial charge in [0, 0.05) is 17.0 Å². The summed E-state index contributed by atoms with van der Waals surface area (Å²) in [5.41, 5.74) is -0.0687. The number of nitrogens with zero attached hydrogens (tertiary/aromatic N) is 1. The molecule has 21 heavy (non-hydrogen) atoms. The predicted molar refractivity (Wildman–Crippen MR) is 77.1 cm³/mol. The standard InChI is InChI=1S/C14H21N3O4/c1-5-14(6-2,12(19)20)17-11(18)7-10-8(3)15-13(21)16-9(10)4/h5-7H2,1-4H3,(H,17,18)(H,19,20)(H,15,16,21). The molecule has 0 saturated heterocycles. The van der Waals surface area contributed by atoms with Crippen molar-refractivity contribution in [1.29, 1.82) is 0 Å². The Morgan fingerprint density at radius 2 is 1.86 bits per heavy atom. The summed E-state index contributed by atoms with van der Waals surface area (Å²) < 4.78 is 0. The molecule has 0 bridgehead atoms. The van der Waals surface area contributed by atoms with Crippen LogP contribution in [-0.2, 0) is 16.0 Å². The first-order valence-corrected chi connectivity index (χ1v) is 6.86. The first-order chi connectivity index (χ1) is 9.75. The number of aliphatic carboxylic acids is 1. The third-order valence-electron chi connectivity index (χ3n) is 3.79. The van der Waals surface area contributed by atoms with Crippen molar-refractivity contribution in [2.45, 2.75) is 52.5 Å². The van der Waals surface area contributed by atoms with Gasteiger partial charge in [-0.15, -0.1) is 0 Å². The van der Waals surface area contributed by atoms with Gasteiger partial charge in [-0.25, -0.2) is 9.59 Å². The van der Waals surface area contributed by atoms with Crippen LogP contribution < -0.4 is 11.0 Å². The first kappa shape index (κ1) is 16.9. The van der Waals surface area contributed by atoms with Gasteiger partial charge >= 0.3 is 11.7 Å². The number of carboxylic acid groups (broad SMARTS) is 1. The Morgan fingerprint density at radius 3 is 2.29 bits per heavy atom. The molecular formula is C14H21N3O4. The summed E-state index contributed by atoms with van der Waals surface area (Å²) in [7, 11) is 0. The maximum absolute atomic E-state index is 12.1. The van der Waals surface area contributed by atoms with E-state index in [9.17, 15) is 19.5 Å². The summed E-state index contributed by atoms with van der Waals surface area (Å²) >= 11 is 0. The number of hydrogen-bond donors (Lipinski definition) is 3. The number of rotatable bonds is 6. The predicted octanol–water partition coefficient (Wildman–Crippen LogP) is 0.689. The van der Waals surface area contributed by atoms with Crippen molar-refractivity contribution in [3.05, 3.63) is 27.4 Å². The fourth-order valence-electron chi connectivity index (χ4n) is 2.27. The molecule has 1 aromatic rings. The van der Waals surface area contributed by atoms with E-state index in [1.807, 2.05) is 0 Å². The van der Waals surface area contributed by atoms with E-state index < -0.39 is 23.1 Å². The van der Waals surface area contributed by atoms with E-state index in [-0.39, 0.29) is 6.42 Å². The number of hydrogen-bond acceptors (Lipinski definition) is 4. The van der Waals surface area contributed by atoms with Crippen molar-refractivity contribution in [1.82, 2.24) is 15.3 Å². The van der Waals surface area contributed by atoms with E-state index >= 15 is 0 Å². The molecule has 1 amide bonds. The van der Waals surface area contributed by atoms with Crippen LogP contribution in [0, 0.1) is 13.8 Å². The molecule has 0 aliphatic carbocycles. The SMILES string of the molecule is CCC(CC)(NC(=O)Cc1c(C)nc(=O)[nH]c1C)C(=O)O. The third-order valence-corrected chi connectivity index (χ3v) is 3.79. The highest BCUT2D eigenvalue weighted by Gasteiger charge is 2.36. The van der Waals surface area contributed by atoms with Crippen LogP contribution in [0.2, 0.25) is 0 Å². The Balaban J connectivity index is 2.97. The maximum Gasteiger partial charge on any atom is 0.345 e. The zero-order valence-electron chi connectivity index (χ0n) is 12.7. The fraction of sp³-hybridized carbons (Fsp3) is 0.571. The summed E-state index contributed by atoms with van der Waals surface area (Å²) in [5, 5.41) is 11.9. The van der Waals surface area contributed by atoms with Crippen LogP contribution in [0.5, 0.6) is 0 Å². The molecule has 0 atom stereocenters. The molecule has 0 spiro atoms. The minimum Gasteiger partial charge on any atom is -0.480 e. The highest BCUT2D eigenvalue weighted by molar-refractivity contribution is 5.88. The number of carbonyl (C=O) groups is 2. The van der Waals surface area contributed by atoms with Gasteiger partial charge in [0.25, 0.3) is 0 Å². The highest BCUT2D eigenvalue weighted by atomic mass is 16.4. The number of carboxylic acids is 1. The molecule has 3 N–H and O–H groups in total. The monoisotopic (exact) mass is 295 g/mol. The maximum atomic E-state index is 12.1. The van der Waals surface area contributed by atoms with Gasteiger partial charge in [-0.3, -0.25) is 4.79 Å². The average molecular weight is 295 g/mol. The number of H-pyrrole nitrogens is 1.